The van der Waals surface area contributed by atoms with Crippen LogP contribution in [0.25, 0.3) is 5.57 Å². The van der Waals surface area contributed by atoms with Gasteiger partial charge in [-0.1, -0.05) is 25.6 Å². The van der Waals surface area contributed by atoms with Crippen LogP contribution in [-0.4, -0.2) is 14.7 Å². The molecule has 0 aliphatic heterocycles. The lowest BCUT2D eigenvalue weighted by Crippen LogP contribution is -2.11. The second kappa shape index (κ2) is 4.86. The first-order chi connectivity index (χ1) is 8.43. The largest absolute Gasteiger partial charge is 0.224 e. The van der Waals surface area contributed by atoms with Gasteiger partial charge in [0.05, 0.1) is 4.91 Å². The van der Waals surface area contributed by atoms with Crippen LogP contribution in [0.15, 0.2) is 46.7 Å². The van der Waals surface area contributed by atoms with Crippen molar-refractivity contribution in [3.8, 4) is 0 Å². The molecule has 2 rings (SSSR count). The van der Waals surface area contributed by atoms with E-state index < -0.39 is 9.84 Å². The van der Waals surface area contributed by atoms with E-state index in [-0.39, 0.29) is 5.92 Å². The maximum Gasteiger partial charge on any atom is 0.176 e. The minimum absolute atomic E-state index is 0.229. The lowest BCUT2D eigenvalue weighted by molar-refractivity contribution is 0.608. The summed E-state index contributed by atoms with van der Waals surface area (Å²) in [4.78, 5) is 1.39. The van der Waals surface area contributed by atoms with Gasteiger partial charge in [0.1, 0.15) is 0 Å². The highest BCUT2D eigenvalue weighted by atomic mass is 32.2. The van der Waals surface area contributed by atoms with Crippen molar-refractivity contribution in [2.45, 2.75) is 13.3 Å². The van der Waals surface area contributed by atoms with E-state index in [1.807, 2.05) is 23.6 Å². The molecule has 0 spiro atoms. The second-order valence-electron chi connectivity index (χ2n) is 4.43. The number of allylic oxidation sites excluding steroid dienone is 4. The predicted molar refractivity (Wildman–Crippen MR) is 78.1 cm³/mol. The van der Waals surface area contributed by atoms with Gasteiger partial charge in [-0.3, -0.25) is 0 Å². The first-order valence-electron chi connectivity index (χ1n) is 5.80. The molecule has 0 bridgehead atoms. The number of hydrogen-bond donors (Lipinski definition) is 0. The SMILES string of the molecule is C=C1C=C(S(C)(=O)=O)C(c2cccs2)=CC1CC. The molecule has 0 amide bonds. The van der Waals surface area contributed by atoms with Gasteiger partial charge in [0.15, 0.2) is 9.84 Å². The van der Waals surface area contributed by atoms with Gasteiger partial charge in [-0.05, 0) is 29.5 Å². The van der Waals surface area contributed by atoms with Crippen molar-refractivity contribution in [1.29, 1.82) is 0 Å². The maximum atomic E-state index is 11.9. The number of rotatable bonds is 3. The lowest BCUT2D eigenvalue weighted by atomic mass is 9.89. The molecule has 0 aromatic carbocycles. The Morgan fingerprint density at radius 1 is 1.44 bits per heavy atom. The van der Waals surface area contributed by atoms with E-state index in [0.717, 1.165) is 22.4 Å². The highest BCUT2D eigenvalue weighted by Crippen LogP contribution is 2.38. The van der Waals surface area contributed by atoms with Gasteiger partial charge < -0.3 is 0 Å². The second-order valence-corrected chi connectivity index (χ2v) is 7.36. The quantitative estimate of drug-likeness (QED) is 0.847. The molecule has 1 aliphatic rings. The van der Waals surface area contributed by atoms with E-state index in [1.54, 1.807) is 17.4 Å². The van der Waals surface area contributed by atoms with Crippen LogP contribution in [0.3, 0.4) is 0 Å². The first-order valence-corrected chi connectivity index (χ1v) is 8.57. The molecule has 1 aliphatic carbocycles. The molecular formula is C14H16O2S2. The van der Waals surface area contributed by atoms with E-state index in [0.29, 0.717) is 4.91 Å². The summed E-state index contributed by atoms with van der Waals surface area (Å²) in [5.41, 5.74) is 1.70. The fourth-order valence-corrected chi connectivity index (χ4v) is 3.84. The molecule has 1 unspecified atom stereocenters. The summed E-state index contributed by atoms with van der Waals surface area (Å²) < 4.78 is 23.8. The fraction of sp³-hybridized carbons (Fsp3) is 0.286. The van der Waals surface area contributed by atoms with E-state index >= 15 is 0 Å². The number of thiophene rings is 1. The van der Waals surface area contributed by atoms with Crippen molar-refractivity contribution in [1.82, 2.24) is 0 Å². The lowest BCUT2D eigenvalue weighted by Gasteiger charge is -2.21. The predicted octanol–water partition coefficient (Wildman–Crippen LogP) is 3.66. The molecule has 96 valence electrons. The molecule has 2 nitrogen and oxygen atoms in total. The molecule has 0 radical (unpaired) electrons. The molecule has 0 fully saturated rings. The van der Waals surface area contributed by atoms with Crippen LogP contribution >= 0.6 is 11.3 Å². The van der Waals surface area contributed by atoms with E-state index in [1.165, 1.54) is 6.26 Å². The minimum Gasteiger partial charge on any atom is -0.224 e. The summed E-state index contributed by atoms with van der Waals surface area (Å²) in [5.74, 6) is 0.229. The summed E-state index contributed by atoms with van der Waals surface area (Å²) in [5, 5.41) is 1.96. The highest BCUT2D eigenvalue weighted by molar-refractivity contribution is 7.95. The van der Waals surface area contributed by atoms with Crippen LogP contribution in [0.5, 0.6) is 0 Å². The third-order valence-electron chi connectivity index (χ3n) is 3.05. The Morgan fingerprint density at radius 3 is 2.67 bits per heavy atom. The third-order valence-corrected chi connectivity index (χ3v) is 5.09. The van der Waals surface area contributed by atoms with Gasteiger partial charge in [0, 0.05) is 22.6 Å². The standard InChI is InChI=1S/C14H16O2S2/c1-4-11-9-12(13-6-5-7-17-13)14(8-10(11)2)18(3,15)16/h5-9,11H,2,4H2,1,3H3. The summed E-state index contributed by atoms with van der Waals surface area (Å²) >= 11 is 1.56. The van der Waals surface area contributed by atoms with E-state index in [4.69, 9.17) is 0 Å². The Bertz CT molecular complexity index is 617. The van der Waals surface area contributed by atoms with Crippen LogP contribution in [-0.2, 0) is 9.84 Å². The minimum atomic E-state index is -3.23. The normalized spacial score (nSPS) is 20.6. The zero-order valence-electron chi connectivity index (χ0n) is 10.5. The Hall–Kier alpha value is -1.13. The van der Waals surface area contributed by atoms with Gasteiger partial charge in [0.2, 0.25) is 0 Å². The molecule has 1 aromatic heterocycles. The van der Waals surface area contributed by atoms with E-state index in [9.17, 15) is 8.42 Å². The van der Waals surface area contributed by atoms with Crippen LogP contribution < -0.4 is 0 Å². The number of sulfone groups is 1. The van der Waals surface area contributed by atoms with Crippen LogP contribution in [0.1, 0.15) is 18.2 Å². The van der Waals surface area contributed by atoms with Crippen molar-refractivity contribution in [2.75, 3.05) is 6.26 Å². The van der Waals surface area contributed by atoms with Gasteiger partial charge in [-0.2, -0.15) is 0 Å². The van der Waals surface area contributed by atoms with Crippen LogP contribution in [0, 0.1) is 5.92 Å². The molecule has 0 N–H and O–H groups in total. The molecule has 0 saturated carbocycles. The van der Waals surface area contributed by atoms with Gasteiger partial charge in [-0.25, -0.2) is 8.42 Å². The Morgan fingerprint density at radius 2 is 2.17 bits per heavy atom. The Balaban J connectivity index is 2.58. The van der Waals surface area contributed by atoms with Crippen molar-refractivity contribution in [2.24, 2.45) is 5.92 Å². The smallest absolute Gasteiger partial charge is 0.176 e. The molecule has 18 heavy (non-hydrogen) atoms. The molecule has 0 saturated heterocycles. The average molecular weight is 280 g/mol. The highest BCUT2D eigenvalue weighted by Gasteiger charge is 2.25. The zero-order valence-corrected chi connectivity index (χ0v) is 12.1. The van der Waals surface area contributed by atoms with Crippen molar-refractivity contribution in [3.05, 3.63) is 51.6 Å². The number of hydrogen-bond acceptors (Lipinski definition) is 3. The Labute approximate surface area is 112 Å². The topological polar surface area (TPSA) is 34.1 Å². The van der Waals surface area contributed by atoms with Crippen molar-refractivity contribution >= 4 is 26.7 Å². The van der Waals surface area contributed by atoms with Gasteiger partial charge in [-0.15, -0.1) is 11.3 Å². The summed E-state index contributed by atoms with van der Waals surface area (Å²) in [6, 6.07) is 3.89. The fourth-order valence-electron chi connectivity index (χ4n) is 2.07. The van der Waals surface area contributed by atoms with Crippen LogP contribution in [0.2, 0.25) is 0 Å². The summed E-state index contributed by atoms with van der Waals surface area (Å²) in [7, 11) is -3.23. The van der Waals surface area contributed by atoms with Crippen molar-refractivity contribution < 1.29 is 8.42 Å². The third kappa shape index (κ3) is 2.49. The molecule has 1 atom stereocenters. The van der Waals surface area contributed by atoms with E-state index in [2.05, 4.69) is 13.5 Å². The maximum absolute atomic E-state index is 11.9. The summed E-state index contributed by atoms with van der Waals surface area (Å²) in [6.07, 6.45) is 5.93. The Kier molecular flexibility index (Phi) is 3.59. The zero-order chi connectivity index (χ0) is 13.3. The molecule has 1 aromatic rings. The summed E-state index contributed by atoms with van der Waals surface area (Å²) in [6.45, 7) is 6.04. The monoisotopic (exact) mass is 280 g/mol. The molecule has 1 heterocycles. The molecular weight excluding hydrogens is 264 g/mol. The average Bonchev–Trinajstić information content (AvgIpc) is 2.81. The van der Waals surface area contributed by atoms with Crippen molar-refractivity contribution in [3.63, 3.8) is 0 Å². The van der Waals surface area contributed by atoms with Gasteiger partial charge in [0.25, 0.3) is 0 Å². The van der Waals surface area contributed by atoms with Gasteiger partial charge >= 0.3 is 0 Å². The van der Waals surface area contributed by atoms with Crippen LogP contribution in [0.4, 0.5) is 0 Å². The molecule has 4 heteroatoms. The first kappa shape index (κ1) is 13.3.